The number of nitrogens with zero attached hydrogens (tertiary/aromatic N) is 2. The van der Waals surface area contributed by atoms with E-state index in [-0.39, 0.29) is 29.3 Å². The molecule has 2 atom stereocenters. The number of anilines is 3. The lowest BCUT2D eigenvalue weighted by molar-refractivity contribution is 0.100. The largest absolute Gasteiger partial charge is 0.478 e. The molecule has 2 rings (SSSR count). The molecule has 0 saturated heterocycles. The minimum Gasteiger partial charge on any atom is -0.478 e. The van der Waals surface area contributed by atoms with E-state index in [4.69, 9.17) is 16.2 Å². The van der Waals surface area contributed by atoms with Crippen molar-refractivity contribution in [3.63, 3.8) is 0 Å². The quantitative estimate of drug-likeness (QED) is 0.529. The lowest BCUT2D eigenvalue weighted by Crippen LogP contribution is -2.35. The highest BCUT2D eigenvalue weighted by molar-refractivity contribution is 5.98. The summed E-state index contributed by atoms with van der Waals surface area (Å²) in [6.07, 6.45) is 2.40. The number of primary amides is 1. The topological polar surface area (TPSA) is 128 Å². The molecule has 0 aliphatic heterocycles. The zero-order chi connectivity index (χ0) is 20.0. The van der Waals surface area contributed by atoms with E-state index in [9.17, 15) is 9.18 Å². The number of carbonyl (C=O) groups excluding carboxylic acids is 1. The Balaban J connectivity index is 2.34. The van der Waals surface area contributed by atoms with E-state index < -0.39 is 11.7 Å². The number of nitrogens with one attached hydrogen (secondary N) is 2. The van der Waals surface area contributed by atoms with Gasteiger partial charge in [0, 0.05) is 30.0 Å². The minimum absolute atomic E-state index is 0.0242. The summed E-state index contributed by atoms with van der Waals surface area (Å²) >= 11 is 0. The van der Waals surface area contributed by atoms with Crippen molar-refractivity contribution in [1.29, 1.82) is 0 Å². The van der Waals surface area contributed by atoms with Crippen molar-refractivity contribution in [2.75, 3.05) is 17.2 Å². The van der Waals surface area contributed by atoms with Crippen LogP contribution in [0.15, 0.2) is 24.4 Å². The summed E-state index contributed by atoms with van der Waals surface area (Å²) in [7, 11) is 0. The molecule has 146 valence electrons. The number of amides is 1. The second kappa shape index (κ2) is 9.13. The van der Waals surface area contributed by atoms with E-state index in [0.717, 1.165) is 12.5 Å². The molecule has 27 heavy (non-hydrogen) atoms. The third-order valence-electron chi connectivity index (χ3n) is 3.85. The van der Waals surface area contributed by atoms with Crippen LogP contribution in [0.2, 0.25) is 0 Å². The van der Waals surface area contributed by atoms with Gasteiger partial charge in [-0.1, -0.05) is 6.92 Å². The summed E-state index contributed by atoms with van der Waals surface area (Å²) in [6, 6.07) is 3.92. The van der Waals surface area contributed by atoms with Gasteiger partial charge in [-0.15, -0.1) is 0 Å². The molecular formula is C18H25FN6O2. The highest BCUT2D eigenvalue weighted by Crippen LogP contribution is 2.25. The maximum atomic E-state index is 14.3. The Bertz CT molecular complexity index is 799. The fourth-order valence-electron chi connectivity index (χ4n) is 2.13. The molecule has 0 aliphatic rings. The Morgan fingerprint density at radius 3 is 2.70 bits per heavy atom. The molecule has 2 unspecified atom stereocenters. The van der Waals surface area contributed by atoms with Gasteiger partial charge in [0.1, 0.15) is 5.82 Å². The summed E-state index contributed by atoms with van der Waals surface area (Å²) in [5, 5.41) is 5.87. The normalized spacial score (nSPS) is 12.9. The lowest BCUT2D eigenvalue weighted by Gasteiger charge is -2.20. The summed E-state index contributed by atoms with van der Waals surface area (Å²) < 4.78 is 19.8. The number of hydrogen-bond acceptors (Lipinski definition) is 7. The first-order valence-electron chi connectivity index (χ1n) is 8.70. The summed E-state index contributed by atoms with van der Waals surface area (Å²) in [4.78, 5) is 20.0. The third-order valence-corrected chi connectivity index (χ3v) is 3.85. The first kappa shape index (κ1) is 20.4. The molecular weight excluding hydrogens is 351 g/mol. The monoisotopic (exact) mass is 376 g/mol. The Morgan fingerprint density at radius 1 is 1.33 bits per heavy atom. The van der Waals surface area contributed by atoms with E-state index in [2.05, 4.69) is 20.6 Å². The Labute approximate surface area is 157 Å². The van der Waals surface area contributed by atoms with E-state index >= 15 is 0 Å². The first-order chi connectivity index (χ1) is 12.8. The number of rotatable bonds is 9. The van der Waals surface area contributed by atoms with E-state index in [1.807, 2.05) is 6.92 Å². The summed E-state index contributed by atoms with van der Waals surface area (Å²) in [6.45, 7) is 6.12. The van der Waals surface area contributed by atoms with E-state index in [1.165, 1.54) is 0 Å². The molecule has 8 nitrogen and oxygen atoms in total. The molecule has 0 fully saturated rings. The van der Waals surface area contributed by atoms with Crippen LogP contribution in [0.25, 0.3) is 0 Å². The highest BCUT2D eigenvalue weighted by Gasteiger charge is 2.18. The SMILES string of the molecule is CCCOc1cc(Nc2nc(NC(C)C(C)N)c(F)cc2C(N)=O)ccn1. The van der Waals surface area contributed by atoms with Gasteiger partial charge < -0.3 is 26.8 Å². The van der Waals surface area contributed by atoms with Crippen LogP contribution < -0.4 is 26.8 Å². The smallest absolute Gasteiger partial charge is 0.252 e. The van der Waals surface area contributed by atoms with Gasteiger partial charge in [-0.05, 0) is 32.4 Å². The van der Waals surface area contributed by atoms with Gasteiger partial charge in [-0.25, -0.2) is 14.4 Å². The molecule has 6 N–H and O–H groups in total. The second-order valence-corrected chi connectivity index (χ2v) is 6.23. The number of nitrogens with two attached hydrogens (primary N) is 2. The standard InChI is InChI=1S/C18H25FN6O2/c1-4-7-27-15-8-12(5-6-22-15)24-17-13(16(21)26)9-14(19)18(25-17)23-11(3)10(2)20/h5-6,8-11H,4,7,20H2,1-3H3,(H2,21,26)(H2,22,23,24,25). The van der Waals surface area contributed by atoms with Gasteiger partial charge in [0.15, 0.2) is 11.6 Å². The molecule has 2 aromatic heterocycles. The van der Waals surface area contributed by atoms with Gasteiger partial charge in [0.05, 0.1) is 12.2 Å². The second-order valence-electron chi connectivity index (χ2n) is 6.23. The molecule has 0 radical (unpaired) electrons. The predicted molar refractivity (Wildman–Crippen MR) is 103 cm³/mol. The number of aromatic nitrogens is 2. The summed E-state index contributed by atoms with van der Waals surface area (Å²) in [5.41, 5.74) is 11.7. The Hall–Kier alpha value is -2.94. The third kappa shape index (κ3) is 5.52. The first-order valence-corrected chi connectivity index (χ1v) is 8.70. The van der Waals surface area contributed by atoms with Gasteiger partial charge >= 0.3 is 0 Å². The lowest BCUT2D eigenvalue weighted by atomic mass is 10.2. The number of ether oxygens (including phenoxy) is 1. The number of hydrogen-bond donors (Lipinski definition) is 4. The number of carbonyl (C=O) groups is 1. The van der Waals surface area contributed by atoms with Gasteiger partial charge in [0.25, 0.3) is 5.91 Å². The van der Waals surface area contributed by atoms with E-state index in [1.54, 1.807) is 32.2 Å². The fraction of sp³-hybridized carbons (Fsp3) is 0.389. The molecule has 0 bridgehead atoms. The maximum absolute atomic E-state index is 14.3. The number of pyridine rings is 2. The van der Waals surface area contributed by atoms with Crippen molar-refractivity contribution in [3.8, 4) is 5.88 Å². The van der Waals surface area contributed by atoms with Crippen LogP contribution in [0.1, 0.15) is 37.6 Å². The van der Waals surface area contributed by atoms with Crippen LogP contribution in [0.5, 0.6) is 5.88 Å². The van der Waals surface area contributed by atoms with Gasteiger partial charge in [0.2, 0.25) is 5.88 Å². The number of halogens is 1. The average Bonchev–Trinajstić information content (AvgIpc) is 2.62. The fourth-order valence-corrected chi connectivity index (χ4v) is 2.13. The van der Waals surface area contributed by atoms with Gasteiger partial charge in [-0.2, -0.15) is 0 Å². The molecule has 0 spiro atoms. The molecule has 0 aliphatic carbocycles. The van der Waals surface area contributed by atoms with Crippen molar-refractivity contribution < 1.29 is 13.9 Å². The van der Waals surface area contributed by atoms with Gasteiger partial charge in [-0.3, -0.25) is 4.79 Å². The molecule has 2 aromatic rings. The van der Waals surface area contributed by atoms with Crippen molar-refractivity contribution in [2.24, 2.45) is 11.5 Å². The molecule has 1 amide bonds. The predicted octanol–water partition coefficient (Wildman–Crippen LogP) is 2.39. The maximum Gasteiger partial charge on any atom is 0.252 e. The molecule has 0 saturated carbocycles. The van der Waals surface area contributed by atoms with Crippen LogP contribution in [-0.2, 0) is 0 Å². The molecule has 9 heteroatoms. The van der Waals surface area contributed by atoms with Crippen LogP contribution >= 0.6 is 0 Å². The Morgan fingerprint density at radius 2 is 2.07 bits per heavy atom. The zero-order valence-electron chi connectivity index (χ0n) is 15.6. The molecule has 0 aromatic carbocycles. The van der Waals surface area contributed by atoms with Crippen LogP contribution in [0.4, 0.5) is 21.7 Å². The van der Waals surface area contributed by atoms with Crippen LogP contribution in [-0.4, -0.2) is 34.6 Å². The zero-order valence-corrected chi connectivity index (χ0v) is 15.6. The average molecular weight is 376 g/mol. The highest BCUT2D eigenvalue weighted by atomic mass is 19.1. The Kier molecular flexibility index (Phi) is 6.89. The van der Waals surface area contributed by atoms with Crippen molar-refractivity contribution in [2.45, 2.75) is 39.3 Å². The minimum atomic E-state index is -0.799. The van der Waals surface area contributed by atoms with Crippen LogP contribution in [0, 0.1) is 5.82 Å². The molecule has 2 heterocycles. The van der Waals surface area contributed by atoms with Crippen molar-refractivity contribution in [3.05, 3.63) is 35.8 Å². The summed E-state index contributed by atoms with van der Waals surface area (Å²) in [5.74, 6) is -0.969. The van der Waals surface area contributed by atoms with E-state index in [0.29, 0.717) is 18.2 Å². The van der Waals surface area contributed by atoms with Crippen LogP contribution in [0.3, 0.4) is 0 Å². The van der Waals surface area contributed by atoms with Crippen molar-refractivity contribution >= 4 is 23.2 Å². The van der Waals surface area contributed by atoms with Crippen molar-refractivity contribution in [1.82, 2.24) is 9.97 Å².